The SMILES string of the molecule is CC(C)C[C@@H](N)C(=O)NCCCCCCCCCCCC=O. The number of hydrogen-bond donors (Lipinski definition) is 2. The average molecular weight is 312 g/mol. The van der Waals surface area contributed by atoms with Gasteiger partial charge in [0.05, 0.1) is 6.04 Å². The first-order valence-corrected chi connectivity index (χ1v) is 9.04. The summed E-state index contributed by atoms with van der Waals surface area (Å²) in [6.45, 7) is 4.90. The summed E-state index contributed by atoms with van der Waals surface area (Å²) in [7, 11) is 0. The molecular formula is C18H36N2O2. The maximum atomic E-state index is 11.7. The molecule has 0 aliphatic carbocycles. The van der Waals surface area contributed by atoms with Crippen molar-refractivity contribution in [1.82, 2.24) is 5.32 Å². The Hall–Kier alpha value is -0.900. The molecule has 1 atom stereocenters. The fourth-order valence-electron chi connectivity index (χ4n) is 2.55. The molecule has 4 nitrogen and oxygen atoms in total. The van der Waals surface area contributed by atoms with Gasteiger partial charge in [0, 0.05) is 13.0 Å². The second-order valence-corrected chi connectivity index (χ2v) is 6.66. The van der Waals surface area contributed by atoms with Gasteiger partial charge in [-0.2, -0.15) is 0 Å². The summed E-state index contributed by atoms with van der Waals surface area (Å²) in [5, 5.41) is 2.93. The molecule has 0 rings (SSSR count). The number of hydrogen-bond acceptors (Lipinski definition) is 3. The monoisotopic (exact) mass is 312 g/mol. The fraction of sp³-hybridized carbons (Fsp3) is 0.889. The first-order valence-electron chi connectivity index (χ1n) is 9.04. The van der Waals surface area contributed by atoms with Gasteiger partial charge in [0.15, 0.2) is 0 Å². The number of nitrogens with one attached hydrogen (secondary N) is 1. The van der Waals surface area contributed by atoms with Crippen LogP contribution in [0.3, 0.4) is 0 Å². The van der Waals surface area contributed by atoms with Gasteiger partial charge in [0.1, 0.15) is 6.29 Å². The molecule has 3 N–H and O–H groups in total. The minimum absolute atomic E-state index is 0.0102. The lowest BCUT2D eigenvalue weighted by molar-refractivity contribution is -0.122. The van der Waals surface area contributed by atoms with Gasteiger partial charge in [-0.25, -0.2) is 0 Å². The lowest BCUT2D eigenvalue weighted by Crippen LogP contribution is -2.41. The van der Waals surface area contributed by atoms with Crippen LogP contribution in [-0.4, -0.2) is 24.8 Å². The average Bonchev–Trinajstić information content (AvgIpc) is 2.47. The Morgan fingerprint density at radius 2 is 1.45 bits per heavy atom. The van der Waals surface area contributed by atoms with Crippen LogP contribution in [0, 0.1) is 5.92 Å². The van der Waals surface area contributed by atoms with Crippen LogP contribution in [0.15, 0.2) is 0 Å². The largest absolute Gasteiger partial charge is 0.355 e. The maximum absolute atomic E-state index is 11.7. The summed E-state index contributed by atoms with van der Waals surface area (Å²) >= 11 is 0. The van der Waals surface area contributed by atoms with Crippen molar-refractivity contribution in [2.45, 2.75) is 90.5 Å². The van der Waals surface area contributed by atoms with E-state index in [1.54, 1.807) is 0 Å². The highest BCUT2D eigenvalue weighted by atomic mass is 16.2. The summed E-state index contributed by atoms with van der Waals surface area (Å²) in [4.78, 5) is 21.9. The fourth-order valence-corrected chi connectivity index (χ4v) is 2.55. The molecule has 0 aliphatic rings. The van der Waals surface area contributed by atoms with Crippen molar-refractivity contribution in [2.75, 3.05) is 6.54 Å². The molecule has 4 heteroatoms. The predicted octanol–water partition coefficient (Wildman–Crippen LogP) is 3.58. The van der Waals surface area contributed by atoms with Gasteiger partial charge in [-0.05, 0) is 25.2 Å². The molecule has 0 unspecified atom stereocenters. The first-order chi connectivity index (χ1) is 10.6. The molecule has 0 saturated carbocycles. The van der Waals surface area contributed by atoms with Gasteiger partial charge >= 0.3 is 0 Å². The summed E-state index contributed by atoms with van der Waals surface area (Å²) < 4.78 is 0. The van der Waals surface area contributed by atoms with E-state index in [9.17, 15) is 9.59 Å². The van der Waals surface area contributed by atoms with Gasteiger partial charge in [-0.3, -0.25) is 4.79 Å². The van der Waals surface area contributed by atoms with Gasteiger partial charge in [0.2, 0.25) is 5.91 Å². The van der Waals surface area contributed by atoms with Crippen LogP contribution in [-0.2, 0) is 9.59 Å². The van der Waals surface area contributed by atoms with Crippen molar-refractivity contribution in [3.63, 3.8) is 0 Å². The summed E-state index contributed by atoms with van der Waals surface area (Å²) in [5.41, 5.74) is 5.83. The quantitative estimate of drug-likeness (QED) is 0.358. The number of rotatable bonds is 15. The van der Waals surface area contributed by atoms with E-state index in [0.717, 1.165) is 32.1 Å². The molecule has 22 heavy (non-hydrogen) atoms. The van der Waals surface area contributed by atoms with Crippen molar-refractivity contribution in [1.29, 1.82) is 0 Å². The van der Waals surface area contributed by atoms with E-state index in [0.29, 0.717) is 12.3 Å². The van der Waals surface area contributed by atoms with Gasteiger partial charge in [-0.1, -0.05) is 58.8 Å². The molecule has 0 spiro atoms. The zero-order chi connectivity index (χ0) is 16.6. The molecule has 0 fully saturated rings. The molecule has 0 aromatic rings. The molecule has 0 aromatic heterocycles. The third-order valence-electron chi connectivity index (χ3n) is 3.86. The summed E-state index contributed by atoms with van der Waals surface area (Å²) in [6.07, 6.45) is 13.2. The van der Waals surface area contributed by atoms with Gasteiger partial charge in [0.25, 0.3) is 0 Å². The molecule has 0 aliphatic heterocycles. The van der Waals surface area contributed by atoms with Crippen LogP contribution in [0.1, 0.15) is 84.5 Å². The van der Waals surface area contributed by atoms with E-state index in [2.05, 4.69) is 19.2 Å². The number of unbranched alkanes of at least 4 members (excludes halogenated alkanes) is 9. The summed E-state index contributed by atoms with van der Waals surface area (Å²) in [6, 6.07) is -0.362. The molecular weight excluding hydrogens is 276 g/mol. The van der Waals surface area contributed by atoms with E-state index in [-0.39, 0.29) is 11.9 Å². The zero-order valence-corrected chi connectivity index (χ0v) is 14.6. The first kappa shape index (κ1) is 21.1. The van der Waals surface area contributed by atoms with Crippen LogP contribution < -0.4 is 11.1 Å². The lowest BCUT2D eigenvalue weighted by Gasteiger charge is -2.14. The highest BCUT2D eigenvalue weighted by Gasteiger charge is 2.13. The lowest BCUT2D eigenvalue weighted by atomic mass is 10.0. The topological polar surface area (TPSA) is 72.2 Å². The second-order valence-electron chi connectivity index (χ2n) is 6.66. The number of aldehydes is 1. The Bertz CT molecular complexity index is 280. The van der Waals surface area contributed by atoms with Crippen LogP contribution >= 0.6 is 0 Å². The van der Waals surface area contributed by atoms with Crippen molar-refractivity contribution >= 4 is 12.2 Å². The highest BCUT2D eigenvalue weighted by molar-refractivity contribution is 5.81. The zero-order valence-electron chi connectivity index (χ0n) is 14.6. The number of carbonyl (C=O) groups excluding carboxylic acids is 2. The molecule has 0 bridgehead atoms. The summed E-state index contributed by atoms with van der Waals surface area (Å²) in [5.74, 6) is 0.447. The van der Waals surface area contributed by atoms with Crippen molar-refractivity contribution < 1.29 is 9.59 Å². The van der Waals surface area contributed by atoms with Crippen LogP contribution in [0.2, 0.25) is 0 Å². The standard InChI is InChI=1S/C18H36N2O2/c1-16(2)15-17(19)18(22)20-13-11-9-7-5-3-4-6-8-10-12-14-21/h14,16-17H,3-13,15,19H2,1-2H3,(H,20,22)/t17-/m1/s1. The van der Waals surface area contributed by atoms with Crippen LogP contribution in [0.25, 0.3) is 0 Å². The highest BCUT2D eigenvalue weighted by Crippen LogP contribution is 2.10. The minimum atomic E-state index is -0.362. The Morgan fingerprint density at radius 3 is 1.95 bits per heavy atom. The number of amides is 1. The Morgan fingerprint density at radius 1 is 0.955 bits per heavy atom. The van der Waals surface area contributed by atoms with Crippen molar-refractivity contribution in [2.24, 2.45) is 11.7 Å². The maximum Gasteiger partial charge on any atom is 0.236 e. The molecule has 0 radical (unpaired) electrons. The molecule has 0 saturated heterocycles. The van der Waals surface area contributed by atoms with Crippen molar-refractivity contribution in [3.8, 4) is 0 Å². The second kappa shape index (κ2) is 15.0. The molecule has 0 heterocycles. The Kier molecular flexibility index (Phi) is 14.4. The number of nitrogens with two attached hydrogens (primary N) is 1. The third-order valence-corrected chi connectivity index (χ3v) is 3.86. The van der Waals surface area contributed by atoms with E-state index < -0.39 is 0 Å². The third kappa shape index (κ3) is 14.1. The minimum Gasteiger partial charge on any atom is -0.355 e. The van der Waals surface area contributed by atoms with E-state index in [1.165, 1.54) is 44.9 Å². The Labute approximate surface area is 136 Å². The van der Waals surface area contributed by atoms with E-state index in [1.807, 2.05) is 0 Å². The molecule has 130 valence electrons. The molecule has 0 aromatic carbocycles. The van der Waals surface area contributed by atoms with Gasteiger partial charge < -0.3 is 15.8 Å². The number of carbonyl (C=O) groups is 2. The van der Waals surface area contributed by atoms with Gasteiger partial charge in [-0.15, -0.1) is 0 Å². The van der Waals surface area contributed by atoms with Crippen LogP contribution in [0.5, 0.6) is 0 Å². The normalized spacial score (nSPS) is 12.4. The van der Waals surface area contributed by atoms with E-state index >= 15 is 0 Å². The van der Waals surface area contributed by atoms with E-state index in [4.69, 9.17) is 5.73 Å². The molecule has 1 amide bonds. The predicted molar refractivity (Wildman–Crippen MR) is 92.7 cm³/mol. The smallest absolute Gasteiger partial charge is 0.236 e. The Balaban J connectivity index is 3.26. The van der Waals surface area contributed by atoms with Crippen LogP contribution in [0.4, 0.5) is 0 Å². The van der Waals surface area contributed by atoms with Crippen molar-refractivity contribution in [3.05, 3.63) is 0 Å².